The van der Waals surface area contributed by atoms with Crippen LogP contribution in [0, 0.1) is 13.8 Å². The Balaban J connectivity index is 2.13. The third-order valence-electron chi connectivity index (χ3n) is 5.36. The Bertz CT molecular complexity index is 860. The van der Waals surface area contributed by atoms with Gasteiger partial charge in [-0.25, -0.2) is 4.79 Å². The van der Waals surface area contributed by atoms with Gasteiger partial charge in [-0.05, 0) is 57.0 Å². The van der Waals surface area contributed by atoms with Gasteiger partial charge in [0, 0.05) is 44.3 Å². The number of amides is 3. The molecule has 0 radical (unpaired) electrons. The Morgan fingerprint density at radius 2 is 1.90 bits per heavy atom. The zero-order chi connectivity index (χ0) is 22.3. The van der Waals surface area contributed by atoms with Gasteiger partial charge in [-0.2, -0.15) is 0 Å². The molecule has 7 heteroatoms. The van der Waals surface area contributed by atoms with Crippen LogP contribution in [0.4, 0.5) is 10.5 Å². The molecule has 164 valence electrons. The van der Waals surface area contributed by atoms with E-state index in [4.69, 9.17) is 4.74 Å². The zero-order valence-corrected chi connectivity index (χ0v) is 18.9. The second-order valence-electron chi connectivity index (χ2n) is 7.82. The van der Waals surface area contributed by atoms with Gasteiger partial charge in [0.2, 0.25) is 5.91 Å². The number of hydrogen-bond acceptors (Lipinski definition) is 3. The van der Waals surface area contributed by atoms with E-state index in [1.807, 2.05) is 75.8 Å². The van der Waals surface area contributed by atoms with Crippen molar-refractivity contribution in [1.29, 1.82) is 0 Å². The summed E-state index contributed by atoms with van der Waals surface area (Å²) in [7, 11) is 3.57. The van der Waals surface area contributed by atoms with Crippen LogP contribution >= 0.6 is 0 Å². The predicted octanol–water partition coefficient (Wildman–Crippen LogP) is 3.56. The minimum absolute atomic E-state index is 0.00248. The number of nitrogens with one attached hydrogen (secondary N) is 1. The van der Waals surface area contributed by atoms with E-state index in [9.17, 15) is 9.59 Å². The molecule has 2 rings (SSSR count). The Morgan fingerprint density at radius 1 is 1.17 bits per heavy atom. The first kappa shape index (κ1) is 23.5. The van der Waals surface area contributed by atoms with E-state index < -0.39 is 0 Å². The van der Waals surface area contributed by atoms with Gasteiger partial charge in [0.05, 0.1) is 13.2 Å². The second kappa shape index (κ2) is 10.8. The lowest BCUT2D eigenvalue weighted by molar-refractivity contribution is -0.133. The number of rotatable bonds is 9. The van der Waals surface area contributed by atoms with Crippen LogP contribution in [0.1, 0.15) is 30.7 Å². The normalized spacial score (nSPS) is 10.9. The highest BCUT2D eigenvalue weighted by Gasteiger charge is 2.24. The van der Waals surface area contributed by atoms with Gasteiger partial charge in [-0.15, -0.1) is 0 Å². The summed E-state index contributed by atoms with van der Waals surface area (Å²) in [5, 5.41) is 2.96. The Kier molecular flexibility index (Phi) is 8.47. The summed E-state index contributed by atoms with van der Waals surface area (Å²) in [5.74, 6) is -0.113. The van der Waals surface area contributed by atoms with Crippen molar-refractivity contribution in [2.24, 2.45) is 7.05 Å². The number of ether oxygens (including phenoxy) is 1. The predicted molar refractivity (Wildman–Crippen MR) is 119 cm³/mol. The highest BCUT2D eigenvalue weighted by molar-refractivity contribution is 5.93. The summed E-state index contributed by atoms with van der Waals surface area (Å²) >= 11 is 0. The van der Waals surface area contributed by atoms with E-state index in [0.717, 1.165) is 22.5 Å². The number of methoxy groups -OCH3 is 1. The molecule has 0 atom stereocenters. The fourth-order valence-electron chi connectivity index (χ4n) is 3.16. The highest BCUT2D eigenvalue weighted by atomic mass is 16.5. The molecule has 1 aromatic heterocycles. The van der Waals surface area contributed by atoms with Crippen LogP contribution in [-0.4, -0.2) is 59.2 Å². The van der Waals surface area contributed by atoms with E-state index in [0.29, 0.717) is 19.7 Å². The molecule has 7 nitrogen and oxygen atoms in total. The number of aryl methyl sites for hydroxylation is 2. The lowest BCUT2D eigenvalue weighted by Gasteiger charge is -2.30. The van der Waals surface area contributed by atoms with E-state index >= 15 is 0 Å². The Morgan fingerprint density at radius 3 is 2.50 bits per heavy atom. The van der Waals surface area contributed by atoms with Crippen LogP contribution in [-0.2, 0) is 23.1 Å². The summed E-state index contributed by atoms with van der Waals surface area (Å²) in [5.41, 5.74) is 3.91. The van der Waals surface area contributed by atoms with E-state index in [1.54, 1.807) is 16.9 Å². The molecule has 0 saturated carbocycles. The topological polar surface area (TPSA) is 66.8 Å². The van der Waals surface area contributed by atoms with Crippen molar-refractivity contribution in [3.05, 3.63) is 53.3 Å². The highest BCUT2D eigenvalue weighted by Crippen LogP contribution is 2.19. The van der Waals surface area contributed by atoms with Gasteiger partial charge in [-0.1, -0.05) is 12.1 Å². The van der Waals surface area contributed by atoms with Gasteiger partial charge < -0.3 is 24.4 Å². The molecule has 1 aromatic carbocycles. The smallest absolute Gasteiger partial charge is 0.322 e. The molecular formula is C23H34N4O3. The molecule has 0 saturated heterocycles. The molecule has 0 fully saturated rings. The maximum Gasteiger partial charge on any atom is 0.322 e. The number of nitrogens with zero attached hydrogens (tertiary/aromatic N) is 3. The summed E-state index contributed by atoms with van der Waals surface area (Å²) in [6, 6.07) is 9.32. The third-order valence-corrected chi connectivity index (χ3v) is 5.36. The number of aromatic nitrogens is 1. The number of carbonyl (C=O) groups is 2. The van der Waals surface area contributed by atoms with Crippen LogP contribution in [0.3, 0.4) is 0 Å². The third kappa shape index (κ3) is 6.10. The molecule has 30 heavy (non-hydrogen) atoms. The van der Waals surface area contributed by atoms with Crippen molar-refractivity contribution < 1.29 is 14.3 Å². The van der Waals surface area contributed by atoms with Crippen LogP contribution in [0.15, 0.2) is 36.5 Å². The first-order chi connectivity index (χ1) is 14.2. The zero-order valence-electron chi connectivity index (χ0n) is 18.9. The second-order valence-corrected chi connectivity index (χ2v) is 7.82. The monoisotopic (exact) mass is 414 g/mol. The molecule has 3 amide bonds. The molecule has 0 aliphatic rings. The van der Waals surface area contributed by atoms with Gasteiger partial charge in [0.25, 0.3) is 0 Å². The largest absolute Gasteiger partial charge is 0.383 e. The van der Waals surface area contributed by atoms with Crippen LogP contribution < -0.4 is 5.32 Å². The maximum absolute atomic E-state index is 13.1. The Labute approximate surface area is 179 Å². The maximum atomic E-state index is 13.1. The number of urea groups is 1. The van der Waals surface area contributed by atoms with Gasteiger partial charge in [0.1, 0.15) is 6.54 Å². The standard InChI is InChI=1S/C23H34N4O3/c1-17(2)27(23(29)24-21-11-7-9-18(3)19(21)4)16-22(28)26(13-14-30-6)15-20-10-8-12-25(20)5/h7-12,17H,13-16H2,1-6H3,(H,24,29). The van der Waals surface area contributed by atoms with Crippen LogP contribution in [0.2, 0.25) is 0 Å². The van der Waals surface area contributed by atoms with Crippen molar-refractivity contribution in [3.63, 3.8) is 0 Å². The van der Waals surface area contributed by atoms with E-state index in [-0.39, 0.29) is 24.5 Å². The molecule has 0 spiro atoms. The number of hydrogen-bond donors (Lipinski definition) is 1. The van der Waals surface area contributed by atoms with Gasteiger partial charge in [0.15, 0.2) is 0 Å². The average Bonchev–Trinajstić information content (AvgIpc) is 3.10. The lowest BCUT2D eigenvalue weighted by Crippen LogP contribution is -2.48. The SMILES string of the molecule is COCCN(Cc1cccn1C)C(=O)CN(C(=O)Nc1cccc(C)c1C)C(C)C. The van der Waals surface area contributed by atoms with E-state index in [1.165, 1.54) is 0 Å². The average molecular weight is 415 g/mol. The fourth-order valence-corrected chi connectivity index (χ4v) is 3.16. The minimum Gasteiger partial charge on any atom is -0.383 e. The molecule has 0 aliphatic carbocycles. The lowest BCUT2D eigenvalue weighted by atomic mass is 10.1. The number of carbonyl (C=O) groups excluding carboxylic acids is 2. The van der Waals surface area contributed by atoms with Crippen molar-refractivity contribution in [3.8, 4) is 0 Å². The van der Waals surface area contributed by atoms with E-state index in [2.05, 4.69) is 5.32 Å². The molecule has 2 aromatic rings. The molecule has 0 unspecified atom stereocenters. The number of anilines is 1. The molecule has 0 bridgehead atoms. The first-order valence-corrected chi connectivity index (χ1v) is 10.2. The van der Waals surface area contributed by atoms with Crippen molar-refractivity contribution in [1.82, 2.24) is 14.4 Å². The van der Waals surface area contributed by atoms with Gasteiger partial charge >= 0.3 is 6.03 Å². The van der Waals surface area contributed by atoms with Gasteiger partial charge in [-0.3, -0.25) is 4.79 Å². The summed E-state index contributed by atoms with van der Waals surface area (Å²) in [4.78, 5) is 29.4. The number of benzene rings is 1. The Hall–Kier alpha value is -2.80. The minimum atomic E-state index is -0.280. The molecule has 1 N–H and O–H groups in total. The first-order valence-electron chi connectivity index (χ1n) is 10.2. The van der Waals surface area contributed by atoms with Crippen molar-refractivity contribution in [2.45, 2.75) is 40.3 Å². The van der Waals surface area contributed by atoms with Crippen molar-refractivity contribution in [2.75, 3.05) is 32.1 Å². The molecule has 1 heterocycles. The summed E-state index contributed by atoms with van der Waals surface area (Å²) in [6.45, 7) is 9.17. The fraction of sp³-hybridized carbons (Fsp3) is 0.478. The summed E-state index contributed by atoms with van der Waals surface area (Å²) < 4.78 is 7.17. The van der Waals surface area contributed by atoms with Crippen molar-refractivity contribution >= 4 is 17.6 Å². The van der Waals surface area contributed by atoms with Crippen LogP contribution in [0.25, 0.3) is 0 Å². The summed E-state index contributed by atoms with van der Waals surface area (Å²) in [6.07, 6.45) is 1.95. The quantitative estimate of drug-likeness (QED) is 0.682. The molecular weight excluding hydrogens is 380 g/mol. The molecule has 0 aliphatic heterocycles. The van der Waals surface area contributed by atoms with Crippen LogP contribution in [0.5, 0.6) is 0 Å².